The lowest BCUT2D eigenvalue weighted by Crippen LogP contribution is -2.37. The quantitative estimate of drug-likeness (QED) is 0.854. The Hall–Kier alpha value is -0.950. The maximum atomic E-state index is 14.0. The predicted molar refractivity (Wildman–Crippen MR) is 75.6 cm³/mol. The van der Waals surface area contributed by atoms with Crippen LogP contribution in [-0.4, -0.2) is 27.8 Å². The largest absolute Gasteiger partial charge is 0.224 e. The van der Waals surface area contributed by atoms with Gasteiger partial charge < -0.3 is 0 Å². The summed E-state index contributed by atoms with van der Waals surface area (Å²) >= 11 is 0. The molecule has 0 N–H and O–H groups in total. The molecule has 0 fully saturated rings. The summed E-state index contributed by atoms with van der Waals surface area (Å²) in [6, 6.07) is 2.88. The highest BCUT2D eigenvalue weighted by Crippen LogP contribution is 2.33. The number of benzene rings is 1. The minimum atomic E-state index is -3.90. The second kappa shape index (κ2) is 5.11. The molecule has 0 aromatic heterocycles. The minimum absolute atomic E-state index is 0.221. The third-order valence-corrected chi connectivity index (χ3v) is 7.58. The van der Waals surface area contributed by atoms with E-state index in [-0.39, 0.29) is 10.8 Å². The van der Waals surface area contributed by atoms with E-state index in [1.165, 1.54) is 13.8 Å². The van der Waals surface area contributed by atoms with Gasteiger partial charge in [0.15, 0.2) is 19.7 Å². The van der Waals surface area contributed by atoms with Gasteiger partial charge in [-0.05, 0) is 38.0 Å². The molecule has 0 amide bonds. The third kappa shape index (κ3) is 2.88. The van der Waals surface area contributed by atoms with Crippen LogP contribution in [0.15, 0.2) is 28.0 Å². The smallest absolute Gasteiger partial charge is 0.186 e. The van der Waals surface area contributed by atoms with E-state index in [9.17, 15) is 21.2 Å². The molecule has 114 valence electrons. The zero-order chi connectivity index (χ0) is 15.9. The van der Waals surface area contributed by atoms with Gasteiger partial charge in [0.2, 0.25) is 0 Å². The van der Waals surface area contributed by atoms with Crippen LogP contribution in [0, 0.1) is 11.7 Å². The molecule has 4 nitrogen and oxygen atoms in total. The molecule has 0 unspecified atom stereocenters. The van der Waals surface area contributed by atoms with Crippen LogP contribution >= 0.6 is 0 Å². The molecule has 1 rings (SSSR count). The Morgan fingerprint density at radius 3 is 1.95 bits per heavy atom. The fourth-order valence-corrected chi connectivity index (χ4v) is 3.91. The second-order valence-electron chi connectivity index (χ2n) is 5.63. The van der Waals surface area contributed by atoms with Crippen molar-refractivity contribution >= 4 is 19.7 Å². The molecule has 20 heavy (non-hydrogen) atoms. The van der Waals surface area contributed by atoms with E-state index in [0.717, 1.165) is 24.5 Å². The van der Waals surface area contributed by atoms with E-state index in [4.69, 9.17) is 0 Å². The Labute approximate surface area is 119 Å². The standard InChI is InChI=1S/C13H19FO4S2/c1-9(2)13(3,4)20(17,18)12-7-6-10(8-11(12)14)19(5,15)16/h6-9H,1-5H3. The molecular formula is C13H19FO4S2. The molecule has 1 aromatic rings. The zero-order valence-electron chi connectivity index (χ0n) is 12.1. The summed E-state index contributed by atoms with van der Waals surface area (Å²) in [6.07, 6.45) is 0.938. The van der Waals surface area contributed by atoms with Gasteiger partial charge in [0.25, 0.3) is 0 Å². The van der Waals surface area contributed by atoms with Crippen LogP contribution in [0.4, 0.5) is 4.39 Å². The van der Waals surface area contributed by atoms with Crippen molar-refractivity contribution in [2.24, 2.45) is 5.92 Å². The highest BCUT2D eigenvalue weighted by molar-refractivity contribution is 7.93. The van der Waals surface area contributed by atoms with E-state index in [1.54, 1.807) is 13.8 Å². The zero-order valence-corrected chi connectivity index (χ0v) is 13.8. The molecular weight excluding hydrogens is 303 g/mol. The van der Waals surface area contributed by atoms with Crippen molar-refractivity contribution in [3.8, 4) is 0 Å². The third-order valence-electron chi connectivity index (χ3n) is 3.70. The van der Waals surface area contributed by atoms with Crippen LogP contribution < -0.4 is 0 Å². The van der Waals surface area contributed by atoms with Gasteiger partial charge in [-0.3, -0.25) is 0 Å². The monoisotopic (exact) mass is 322 g/mol. The average Bonchev–Trinajstić information content (AvgIpc) is 2.26. The van der Waals surface area contributed by atoms with E-state index in [1.807, 2.05) is 0 Å². The van der Waals surface area contributed by atoms with Gasteiger partial charge in [-0.25, -0.2) is 21.2 Å². The fraction of sp³-hybridized carbons (Fsp3) is 0.538. The number of hydrogen-bond donors (Lipinski definition) is 0. The summed E-state index contributed by atoms with van der Waals surface area (Å²) in [5, 5.41) is 0. The van der Waals surface area contributed by atoms with Gasteiger partial charge in [0.1, 0.15) is 10.7 Å². The second-order valence-corrected chi connectivity index (χ2v) is 10.1. The maximum absolute atomic E-state index is 14.0. The lowest BCUT2D eigenvalue weighted by Gasteiger charge is -2.29. The molecule has 1 aromatic carbocycles. The maximum Gasteiger partial charge on any atom is 0.186 e. The van der Waals surface area contributed by atoms with Gasteiger partial charge in [-0.1, -0.05) is 13.8 Å². The summed E-state index contributed by atoms with van der Waals surface area (Å²) in [5.74, 6) is -1.26. The summed E-state index contributed by atoms with van der Waals surface area (Å²) in [5.41, 5.74) is 0. The average molecular weight is 322 g/mol. The molecule has 0 heterocycles. The van der Waals surface area contributed by atoms with Crippen LogP contribution in [-0.2, 0) is 19.7 Å². The van der Waals surface area contributed by atoms with E-state index in [0.29, 0.717) is 0 Å². The Kier molecular flexibility index (Phi) is 4.37. The van der Waals surface area contributed by atoms with Gasteiger partial charge in [0.05, 0.1) is 9.64 Å². The first-order chi connectivity index (χ1) is 8.81. The van der Waals surface area contributed by atoms with Crippen LogP contribution in [0.3, 0.4) is 0 Å². The van der Waals surface area contributed by atoms with Crippen LogP contribution in [0.2, 0.25) is 0 Å². The lowest BCUT2D eigenvalue weighted by molar-refractivity contribution is 0.449. The molecule has 0 saturated heterocycles. The highest BCUT2D eigenvalue weighted by Gasteiger charge is 2.40. The topological polar surface area (TPSA) is 68.3 Å². The fourth-order valence-electron chi connectivity index (χ4n) is 1.52. The molecule has 7 heteroatoms. The van der Waals surface area contributed by atoms with Gasteiger partial charge in [-0.2, -0.15) is 0 Å². The number of halogens is 1. The Morgan fingerprint density at radius 1 is 1.10 bits per heavy atom. The van der Waals surface area contributed by atoms with Gasteiger partial charge in [0, 0.05) is 6.26 Å². The van der Waals surface area contributed by atoms with E-state index < -0.39 is 35.1 Å². The van der Waals surface area contributed by atoms with E-state index in [2.05, 4.69) is 0 Å². The minimum Gasteiger partial charge on any atom is -0.224 e. The first-order valence-electron chi connectivity index (χ1n) is 6.06. The molecule has 0 saturated carbocycles. The lowest BCUT2D eigenvalue weighted by atomic mass is 10.00. The van der Waals surface area contributed by atoms with Gasteiger partial charge in [-0.15, -0.1) is 0 Å². The molecule has 0 aliphatic carbocycles. The molecule has 0 aliphatic rings. The Bertz CT molecular complexity index is 717. The summed E-state index contributed by atoms with van der Waals surface area (Å²) in [4.78, 5) is -0.708. The Morgan fingerprint density at radius 2 is 1.60 bits per heavy atom. The first-order valence-corrected chi connectivity index (χ1v) is 9.43. The van der Waals surface area contributed by atoms with Crippen molar-refractivity contribution in [3.63, 3.8) is 0 Å². The van der Waals surface area contributed by atoms with Crippen LogP contribution in [0.25, 0.3) is 0 Å². The molecule has 0 radical (unpaired) electrons. The number of rotatable bonds is 4. The van der Waals surface area contributed by atoms with Crippen molar-refractivity contribution in [3.05, 3.63) is 24.0 Å². The Balaban J connectivity index is 3.51. The highest BCUT2D eigenvalue weighted by atomic mass is 32.2. The normalized spacial score (nSPS) is 13.8. The molecule has 0 spiro atoms. The van der Waals surface area contributed by atoms with E-state index >= 15 is 0 Å². The number of sulfone groups is 2. The van der Waals surface area contributed by atoms with Gasteiger partial charge >= 0.3 is 0 Å². The SMILES string of the molecule is CC(C)C(C)(C)S(=O)(=O)c1ccc(S(C)(=O)=O)cc1F. The van der Waals surface area contributed by atoms with Crippen molar-refractivity contribution in [1.29, 1.82) is 0 Å². The van der Waals surface area contributed by atoms with Crippen molar-refractivity contribution in [2.45, 2.75) is 42.2 Å². The van der Waals surface area contributed by atoms with Crippen LogP contribution in [0.1, 0.15) is 27.7 Å². The number of hydrogen-bond acceptors (Lipinski definition) is 4. The van der Waals surface area contributed by atoms with Crippen molar-refractivity contribution in [1.82, 2.24) is 0 Å². The summed E-state index contributed by atoms with van der Waals surface area (Å²) < 4.78 is 60.5. The predicted octanol–water partition coefficient (Wildman–Crippen LogP) is 2.44. The van der Waals surface area contributed by atoms with Crippen molar-refractivity contribution in [2.75, 3.05) is 6.26 Å². The molecule has 0 aliphatic heterocycles. The molecule has 0 atom stereocenters. The summed E-state index contributed by atoms with van der Waals surface area (Å²) in [7, 11) is -7.47. The van der Waals surface area contributed by atoms with Crippen molar-refractivity contribution < 1.29 is 21.2 Å². The first kappa shape index (κ1) is 17.1. The van der Waals surface area contributed by atoms with Crippen LogP contribution in [0.5, 0.6) is 0 Å². The molecule has 0 bridgehead atoms. The summed E-state index contributed by atoms with van der Waals surface area (Å²) in [6.45, 7) is 6.52.